The molecule has 0 N–H and O–H groups in total. The van der Waals surface area contributed by atoms with E-state index in [-0.39, 0.29) is 10.8 Å². The van der Waals surface area contributed by atoms with E-state index in [1.165, 1.54) is 22.2 Å². The molecule has 2 aromatic carbocycles. The standard InChI is InChI=1S/C22H30BO/c1-21(2,3)18-9-8-10-19(22(4,5)6)20(18)23-15-16-11-13-17(24-7)14-12-16/h8-14H,15H2,1-7H3. The van der Waals surface area contributed by atoms with Gasteiger partial charge in [-0.05, 0) is 40.4 Å². The van der Waals surface area contributed by atoms with Gasteiger partial charge >= 0.3 is 0 Å². The van der Waals surface area contributed by atoms with Crippen LogP contribution in [-0.2, 0) is 17.2 Å². The monoisotopic (exact) mass is 321 g/mol. The molecule has 0 aliphatic rings. The molecule has 0 aliphatic heterocycles. The molecule has 127 valence electrons. The van der Waals surface area contributed by atoms with Gasteiger partial charge in [-0.25, -0.2) is 0 Å². The third kappa shape index (κ3) is 4.44. The zero-order chi connectivity index (χ0) is 18.0. The first kappa shape index (κ1) is 18.6. The van der Waals surface area contributed by atoms with Crippen LogP contribution in [0.15, 0.2) is 42.5 Å². The van der Waals surface area contributed by atoms with Crippen LogP contribution in [0.25, 0.3) is 0 Å². The van der Waals surface area contributed by atoms with Gasteiger partial charge < -0.3 is 4.74 Å². The minimum Gasteiger partial charge on any atom is -0.497 e. The van der Waals surface area contributed by atoms with Gasteiger partial charge in [0.2, 0.25) is 0 Å². The molecule has 1 nitrogen and oxygen atoms in total. The molecule has 24 heavy (non-hydrogen) atoms. The minimum absolute atomic E-state index is 0.132. The third-order valence-electron chi connectivity index (χ3n) is 4.42. The molecule has 0 bridgehead atoms. The van der Waals surface area contributed by atoms with Crippen LogP contribution in [0.5, 0.6) is 5.75 Å². The molecule has 2 rings (SSSR count). The molecule has 0 aromatic heterocycles. The van der Waals surface area contributed by atoms with E-state index in [4.69, 9.17) is 4.74 Å². The highest BCUT2D eigenvalue weighted by atomic mass is 16.5. The average molecular weight is 321 g/mol. The maximum Gasteiger partial charge on any atom is 0.157 e. The van der Waals surface area contributed by atoms with Gasteiger partial charge in [0, 0.05) is 0 Å². The number of ether oxygens (including phenoxy) is 1. The van der Waals surface area contributed by atoms with Crippen LogP contribution in [-0.4, -0.2) is 14.4 Å². The SMILES string of the molecule is COc1ccc(C[B]c2c(C(C)(C)C)cccc2C(C)(C)C)cc1. The van der Waals surface area contributed by atoms with Crippen molar-refractivity contribution < 1.29 is 4.74 Å². The Labute approximate surface area is 148 Å². The zero-order valence-electron chi connectivity index (χ0n) is 16.2. The summed E-state index contributed by atoms with van der Waals surface area (Å²) in [4.78, 5) is 0. The van der Waals surface area contributed by atoms with Crippen LogP contribution in [0.2, 0.25) is 0 Å². The minimum atomic E-state index is 0.132. The van der Waals surface area contributed by atoms with E-state index in [9.17, 15) is 0 Å². The molecule has 0 fully saturated rings. The Morgan fingerprint density at radius 1 is 0.792 bits per heavy atom. The number of benzene rings is 2. The van der Waals surface area contributed by atoms with Crippen LogP contribution >= 0.6 is 0 Å². The lowest BCUT2D eigenvalue weighted by molar-refractivity contribution is 0.414. The van der Waals surface area contributed by atoms with Gasteiger partial charge in [0.25, 0.3) is 0 Å². The second kappa shape index (κ2) is 7.05. The highest BCUT2D eigenvalue weighted by Gasteiger charge is 2.24. The summed E-state index contributed by atoms with van der Waals surface area (Å²) in [6.07, 6.45) is 0.931. The first-order valence-corrected chi connectivity index (χ1v) is 8.73. The highest BCUT2D eigenvalue weighted by molar-refractivity contribution is 6.54. The van der Waals surface area contributed by atoms with Crippen LogP contribution < -0.4 is 10.2 Å². The number of hydrogen-bond acceptors (Lipinski definition) is 1. The van der Waals surface area contributed by atoms with Crippen LogP contribution in [0.3, 0.4) is 0 Å². The Bertz CT molecular complexity index is 640. The molecule has 0 atom stereocenters. The fourth-order valence-corrected chi connectivity index (χ4v) is 3.07. The molecule has 0 saturated heterocycles. The van der Waals surface area contributed by atoms with E-state index in [0.29, 0.717) is 0 Å². The number of rotatable bonds is 4. The van der Waals surface area contributed by atoms with E-state index < -0.39 is 0 Å². The van der Waals surface area contributed by atoms with E-state index in [0.717, 1.165) is 12.1 Å². The summed E-state index contributed by atoms with van der Waals surface area (Å²) in [6, 6.07) is 15.1. The van der Waals surface area contributed by atoms with E-state index in [1.807, 2.05) is 12.1 Å². The van der Waals surface area contributed by atoms with Crippen LogP contribution in [0.4, 0.5) is 0 Å². The van der Waals surface area contributed by atoms with Gasteiger partial charge in [0.15, 0.2) is 7.28 Å². The summed E-state index contributed by atoms with van der Waals surface area (Å²) >= 11 is 0. The lowest BCUT2D eigenvalue weighted by atomic mass is 9.57. The highest BCUT2D eigenvalue weighted by Crippen LogP contribution is 2.27. The van der Waals surface area contributed by atoms with Crippen molar-refractivity contribution in [3.63, 3.8) is 0 Å². The maximum atomic E-state index is 5.25. The molecule has 0 spiro atoms. The van der Waals surface area contributed by atoms with Crippen molar-refractivity contribution in [2.75, 3.05) is 7.11 Å². The molecule has 0 aliphatic carbocycles. The number of methoxy groups -OCH3 is 1. The summed E-state index contributed by atoms with van der Waals surface area (Å²) in [6.45, 7) is 13.7. The lowest BCUT2D eigenvalue weighted by Crippen LogP contribution is -2.35. The Hall–Kier alpha value is -1.70. The first-order chi connectivity index (χ1) is 11.1. The topological polar surface area (TPSA) is 9.23 Å². The molecule has 0 saturated carbocycles. The smallest absolute Gasteiger partial charge is 0.157 e. The van der Waals surface area contributed by atoms with E-state index in [1.54, 1.807) is 7.11 Å². The number of hydrogen-bond donors (Lipinski definition) is 0. The van der Waals surface area contributed by atoms with Gasteiger partial charge in [-0.2, -0.15) is 0 Å². The normalized spacial score (nSPS) is 12.1. The van der Waals surface area contributed by atoms with Gasteiger partial charge in [-0.15, -0.1) is 0 Å². The van der Waals surface area contributed by atoms with Crippen LogP contribution in [0.1, 0.15) is 58.2 Å². The second-order valence-electron chi connectivity index (χ2n) is 8.52. The fourth-order valence-electron chi connectivity index (χ4n) is 3.07. The van der Waals surface area contributed by atoms with Crippen molar-refractivity contribution >= 4 is 12.7 Å². The predicted molar refractivity (Wildman–Crippen MR) is 106 cm³/mol. The van der Waals surface area contributed by atoms with Crippen molar-refractivity contribution in [1.82, 2.24) is 0 Å². The quantitative estimate of drug-likeness (QED) is 0.734. The average Bonchev–Trinajstić information content (AvgIpc) is 2.51. The molecule has 1 radical (unpaired) electrons. The fraction of sp³-hybridized carbons (Fsp3) is 0.455. The molecule has 2 aromatic rings. The Balaban J connectivity index is 2.36. The first-order valence-electron chi connectivity index (χ1n) is 8.73. The molecule has 0 heterocycles. The molecule has 0 amide bonds. The van der Waals surface area contributed by atoms with Crippen molar-refractivity contribution in [2.24, 2.45) is 0 Å². The predicted octanol–water partition coefficient (Wildman–Crippen LogP) is 4.82. The Morgan fingerprint density at radius 2 is 1.29 bits per heavy atom. The lowest BCUT2D eigenvalue weighted by Gasteiger charge is -2.30. The Kier molecular flexibility index (Phi) is 5.47. The van der Waals surface area contributed by atoms with Gasteiger partial charge in [0.05, 0.1) is 7.11 Å². The summed E-state index contributed by atoms with van der Waals surface area (Å²) in [7, 11) is 4.10. The summed E-state index contributed by atoms with van der Waals surface area (Å²) in [5.41, 5.74) is 5.81. The molecular weight excluding hydrogens is 291 g/mol. The van der Waals surface area contributed by atoms with E-state index >= 15 is 0 Å². The third-order valence-corrected chi connectivity index (χ3v) is 4.42. The Morgan fingerprint density at radius 3 is 1.71 bits per heavy atom. The molecular formula is C22H30BO. The molecule has 2 heteroatoms. The van der Waals surface area contributed by atoms with Gasteiger partial charge in [-0.1, -0.05) is 82.9 Å². The van der Waals surface area contributed by atoms with Crippen molar-refractivity contribution in [2.45, 2.75) is 58.7 Å². The summed E-state index contributed by atoms with van der Waals surface area (Å²) in [5, 5.41) is 0. The van der Waals surface area contributed by atoms with Crippen molar-refractivity contribution in [1.29, 1.82) is 0 Å². The van der Waals surface area contributed by atoms with Gasteiger partial charge in [0.1, 0.15) is 5.75 Å². The van der Waals surface area contributed by atoms with Crippen molar-refractivity contribution in [3.8, 4) is 5.75 Å². The maximum absolute atomic E-state index is 5.25. The van der Waals surface area contributed by atoms with Gasteiger partial charge in [-0.3, -0.25) is 0 Å². The zero-order valence-corrected chi connectivity index (χ0v) is 16.2. The van der Waals surface area contributed by atoms with Crippen molar-refractivity contribution in [3.05, 3.63) is 59.2 Å². The summed E-state index contributed by atoms with van der Waals surface area (Å²) < 4.78 is 5.25. The second-order valence-corrected chi connectivity index (χ2v) is 8.52. The largest absolute Gasteiger partial charge is 0.497 e. The summed E-state index contributed by atoms with van der Waals surface area (Å²) in [5.74, 6) is 0.907. The molecule has 0 unspecified atom stereocenters. The van der Waals surface area contributed by atoms with Crippen LogP contribution in [0, 0.1) is 0 Å². The van der Waals surface area contributed by atoms with E-state index in [2.05, 4.69) is 79.2 Å².